The van der Waals surface area contributed by atoms with E-state index in [1.54, 1.807) is 7.05 Å². The third-order valence-electron chi connectivity index (χ3n) is 4.81. The fraction of sp³-hybridized carbons (Fsp3) is 0.375. The number of hydrogen-bond donors (Lipinski definition) is 0. The number of carbonyl (C=O) groups excluding carboxylic acids is 1. The maximum absolute atomic E-state index is 12.6. The van der Waals surface area contributed by atoms with Gasteiger partial charge in [0, 0.05) is 24.7 Å². The van der Waals surface area contributed by atoms with E-state index < -0.39 is 6.10 Å². The molecule has 1 aliphatic carbocycles. The standard InChI is InChI=1S/C24H27NO5/c1-3-13-27-15-17-29-18-16-28-14-12-25(2)24(26)30-23-21-10-6-4-8-19(21)20-9-5-7-11-22(20)23/h1,4-11,23H,12-18H2,2H3. The molecule has 1 amide bonds. The lowest BCUT2D eigenvalue weighted by Crippen LogP contribution is -2.32. The molecule has 0 aromatic heterocycles. The molecule has 0 saturated carbocycles. The van der Waals surface area contributed by atoms with E-state index in [-0.39, 0.29) is 6.09 Å². The van der Waals surface area contributed by atoms with Crippen LogP contribution in [0.15, 0.2) is 48.5 Å². The number of nitrogens with zero attached hydrogens (tertiary/aromatic N) is 1. The molecule has 158 valence electrons. The van der Waals surface area contributed by atoms with Gasteiger partial charge in [-0.25, -0.2) is 4.79 Å². The molecule has 2 aromatic rings. The molecule has 0 fully saturated rings. The molecule has 0 aliphatic heterocycles. The van der Waals surface area contributed by atoms with Crippen LogP contribution in [0.25, 0.3) is 11.1 Å². The Morgan fingerprint density at radius 2 is 1.43 bits per heavy atom. The van der Waals surface area contributed by atoms with Crippen LogP contribution in [0.3, 0.4) is 0 Å². The van der Waals surface area contributed by atoms with Crippen LogP contribution in [0.5, 0.6) is 0 Å². The Hall–Kier alpha value is -2.85. The summed E-state index contributed by atoms with van der Waals surface area (Å²) in [6, 6.07) is 16.1. The number of amides is 1. The highest BCUT2D eigenvalue weighted by Crippen LogP contribution is 2.45. The van der Waals surface area contributed by atoms with Crippen LogP contribution in [0.4, 0.5) is 4.79 Å². The topological polar surface area (TPSA) is 57.2 Å². The van der Waals surface area contributed by atoms with E-state index in [9.17, 15) is 4.79 Å². The summed E-state index contributed by atoms with van der Waals surface area (Å²) in [5, 5.41) is 0. The van der Waals surface area contributed by atoms with Crippen LogP contribution in [0, 0.1) is 12.3 Å². The number of carbonyl (C=O) groups is 1. The summed E-state index contributed by atoms with van der Waals surface area (Å²) >= 11 is 0. The summed E-state index contributed by atoms with van der Waals surface area (Å²) in [4.78, 5) is 14.1. The molecule has 0 radical (unpaired) electrons. The predicted octanol–water partition coefficient (Wildman–Crippen LogP) is 3.51. The van der Waals surface area contributed by atoms with Crippen molar-refractivity contribution < 1.29 is 23.7 Å². The first-order chi connectivity index (χ1) is 14.7. The molecule has 30 heavy (non-hydrogen) atoms. The largest absolute Gasteiger partial charge is 0.436 e. The lowest BCUT2D eigenvalue weighted by Gasteiger charge is -2.21. The summed E-state index contributed by atoms with van der Waals surface area (Å²) in [6.45, 7) is 2.97. The number of terminal acetylenes is 1. The maximum atomic E-state index is 12.6. The lowest BCUT2D eigenvalue weighted by molar-refractivity contribution is 0.0152. The minimum atomic E-state index is -0.390. The minimum Gasteiger partial charge on any atom is -0.436 e. The second-order valence-electron chi connectivity index (χ2n) is 6.84. The van der Waals surface area contributed by atoms with Crippen molar-refractivity contribution in [2.45, 2.75) is 6.10 Å². The van der Waals surface area contributed by atoms with Gasteiger partial charge in [0.25, 0.3) is 0 Å². The Kier molecular flexibility index (Phi) is 8.28. The number of hydrogen-bond acceptors (Lipinski definition) is 5. The van der Waals surface area contributed by atoms with Gasteiger partial charge in [-0.15, -0.1) is 6.42 Å². The Morgan fingerprint density at radius 1 is 0.900 bits per heavy atom. The number of ether oxygens (including phenoxy) is 4. The van der Waals surface area contributed by atoms with E-state index in [4.69, 9.17) is 25.4 Å². The minimum absolute atomic E-state index is 0.292. The molecule has 3 rings (SSSR count). The third kappa shape index (κ3) is 5.61. The van der Waals surface area contributed by atoms with Crippen LogP contribution in [-0.2, 0) is 18.9 Å². The average Bonchev–Trinajstić information content (AvgIpc) is 3.09. The molecule has 6 heteroatoms. The SMILES string of the molecule is C#CCOCCOCCOCCN(C)C(=O)OC1c2ccccc2-c2ccccc21. The van der Waals surface area contributed by atoms with Gasteiger partial charge in [0.05, 0.1) is 33.0 Å². The van der Waals surface area contributed by atoms with Crippen LogP contribution >= 0.6 is 0 Å². The molecule has 2 aromatic carbocycles. The highest BCUT2D eigenvalue weighted by Gasteiger charge is 2.31. The number of rotatable bonds is 11. The smallest absolute Gasteiger partial charge is 0.410 e. The van der Waals surface area contributed by atoms with Gasteiger partial charge in [-0.2, -0.15) is 0 Å². The van der Waals surface area contributed by atoms with E-state index >= 15 is 0 Å². The zero-order valence-electron chi connectivity index (χ0n) is 17.2. The third-order valence-corrected chi connectivity index (χ3v) is 4.81. The predicted molar refractivity (Wildman–Crippen MR) is 114 cm³/mol. The first-order valence-corrected chi connectivity index (χ1v) is 9.99. The lowest BCUT2D eigenvalue weighted by atomic mass is 10.1. The van der Waals surface area contributed by atoms with Crippen LogP contribution in [0.2, 0.25) is 0 Å². The van der Waals surface area contributed by atoms with E-state index in [2.05, 4.69) is 18.1 Å². The van der Waals surface area contributed by atoms with Gasteiger partial charge in [-0.1, -0.05) is 54.5 Å². The Bertz CT molecular complexity index is 830. The van der Waals surface area contributed by atoms with E-state index in [1.165, 1.54) is 4.90 Å². The molecule has 0 spiro atoms. The summed E-state index contributed by atoms with van der Waals surface area (Å²) < 4.78 is 21.8. The Morgan fingerprint density at radius 3 is 2.03 bits per heavy atom. The zero-order chi connectivity index (χ0) is 21.2. The van der Waals surface area contributed by atoms with Crippen molar-refractivity contribution in [3.8, 4) is 23.5 Å². The second-order valence-corrected chi connectivity index (χ2v) is 6.84. The van der Waals surface area contributed by atoms with Crippen molar-refractivity contribution in [1.29, 1.82) is 0 Å². The molecular weight excluding hydrogens is 382 g/mol. The highest BCUT2D eigenvalue weighted by molar-refractivity contribution is 5.79. The van der Waals surface area contributed by atoms with Crippen LogP contribution < -0.4 is 0 Å². The van der Waals surface area contributed by atoms with Crippen molar-refractivity contribution in [3.63, 3.8) is 0 Å². The Balaban J connectivity index is 1.40. The quantitative estimate of drug-likeness (QED) is 0.420. The highest BCUT2D eigenvalue weighted by atomic mass is 16.6. The van der Waals surface area contributed by atoms with Crippen molar-refractivity contribution in [2.75, 3.05) is 53.2 Å². The summed E-state index contributed by atoms with van der Waals surface area (Å²) in [5.74, 6) is 2.39. The molecule has 6 nitrogen and oxygen atoms in total. The first-order valence-electron chi connectivity index (χ1n) is 9.99. The maximum Gasteiger partial charge on any atom is 0.410 e. The Labute approximate surface area is 177 Å². The fourth-order valence-corrected chi connectivity index (χ4v) is 3.29. The van der Waals surface area contributed by atoms with Gasteiger partial charge in [0.15, 0.2) is 6.10 Å². The normalized spacial score (nSPS) is 12.1. The van der Waals surface area contributed by atoms with Gasteiger partial charge < -0.3 is 23.8 Å². The van der Waals surface area contributed by atoms with Gasteiger partial charge in [-0.3, -0.25) is 0 Å². The summed E-state index contributed by atoms with van der Waals surface area (Å²) in [6.07, 6.45) is 4.32. The van der Waals surface area contributed by atoms with Gasteiger partial charge in [0.2, 0.25) is 0 Å². The monoisotopic (exact) mass is 409 g/mol. The van der Waals surface area contributed by atoms with Crippen molar-refractivity contribution >= 4 is 6.09 Å². The molecule has 0 bridgehead atoms. The van der Waals surface area contributed by atoms with Crippen molar-refractivity contribution in [3.05, 3.63) is 59.7 Å². The van der Waals surface area contributed by atoms with Crippen molar-refractivity contribution in [1.82, 2.24) is 4.90 Å². The molecule has 0 saturated heterocycles. The molecular formula is C24H27NO5. The van der Waals surface area contributed by atoms with Crippen LogP contribution in [-0.4, -0.2) is 64.2 Å². The van der Waals surface area contributed by atoms with Gasteiger partial charge in [0.1, 0.15) is 6.61 Å². The summed E-state index contributed by atoms with van der Waals surface area (Å²) in [7, 11) is 1.71. The van der Waals surface area contributed by atoms with E-state index in [0.29, 0.717) is 46.2 Å². The second kappa shape index (κ2) is 11.4. The van der Waals surface area contributed by atoms with E-state index in [0.717, 1.165) is 22.3 Å². The van der Waals surface area contributed by atoms with Crippen LogP contribution in [0.1, 0.15) is 17.2 Å². The first kappa shape index (κ1) is 21.8. The van der Waals surface area contributed by atoms with E-state index in [1.807, 2.05) is 36.4 Å². The molecule has 0 atom stereocenters. The number of fused-ring (bicyclic) bond motifs is 3. The summed E-state index contributed by atoms with van der Waals surface area (Å²) in [5.41, 5.74) is 4.25. The average molecular weight is 409 g/mol. The number of likely N-dealkylation sites (N-methyl/N-ethyl adjacent to an activating group) is 1. The molecule has 0 N–H and O–H groups in total. The molecule has 0 unspecified atom stereocenters. The molecule has 0 heterocycles. The van der Waals surface area contributed by atoms with Gasteiger partial charge in [-0.05, 0) is 11.1 Å². The van der Waals surface area contributed by atoms with Crippen molar-refractivity contribution in [2.24, 2.45) is 0 Å². The molecule has 1 aliphatic rings. The fourth-order valence-electron chi connectivity index (χ4n) is 3.29. The zero-order valence-corrected chi connectivity index (χ0v) is 17.2. The van der Waals surface area contributed by atoms with Gasteiger partial charge >= 0.3 is 6.09 Å². The number of benzene rings is 2.